The van der Waals surface area contributed by atoms with Gasteiger partial charge in [-0.05, 0) is 49.3 Å². The summed E-state index contributed by atoms with van der Waals surface area (Å²) in [5, 5.41) is 3.28. The maximum Gasteiger partial charge on any atom is 0.196 e. The molecule has 1 aromatic carbocycles. The monoisotopic (exact) mass is 509 g/mol. The third-order valence-electron chi connectivity index (χ3n) is 6.89. The van der Waals surface area contributed by atoms with E-state index in [1.54, 1.807) is 6.33 Å². The summed E-state index contributed by atoms with van der Waals surface area (Å²) in [6, 6.07) is 6.38. The molecular weight excluding hydrogens is 482 g/mol. The van der Waals surface area contributed by atoms with E-state index in [1.807, 2.05) is 0 Å². The highest BCUT2D eigenvalue weighted by Gasteiger charge is 2.28. The van der Waals surface area contributed by atoms with Crippen LogP contribution in [0.25, 0.3) is 21.9 Å². The zero-order chi connectivity index (χ0) is 24.1. The van der Waals surface area contributed by atoms with Gasteiger partial charge in [0.2, 0.25) is 0 Å². The van der Waals surface area contributed by atoms with Crippen LogP contribution in [0.3, 0.4) is 0 Å². The molecule has 4 aromatic rings. The topological polar surface area (TPSA) is 126 Å². The molecule has 2 aliphatic rings. The third kappa shape index (κ3) is 4.08. The van der Waals surface area contributed by atoms with Crippen molar-refractivity contribution < 1.29 is 0 Å². The largest absolute Gasteiger partial charge is 0.355 e. The molecule has 3 aromatic heterocycles. The van der Waals surface area contributed by atoms with Crippen molar-refractivity contribution in [1.29, 1.82) is 0 Å². The van der Waals surface area contributed by atoms with E-state index in [-0.39, 0.29) is 6.04 Å². The number of hydrogen-bond donors (Lipinski definition) is 3. The summed E-state index contributed by atoms with van der Waals surface area (Å²) in [5.74, 6) is 2.36. The van der Waals surface area contributed by atoms with Crippen molar-refractivity contribution in [3.63, 3.8) is 0 Å². The van der Waals surface area contributed by atoms with Gasteiger partial charge >= 0.3 is 0 Å². The van der Waals surface area contributed by atoms with E-state index < -0.39 is 0 Å². The fourth-order valence-electron chi connectivity index (χ4n) is 4.90. The second-order valence-electron chi connectivity index (χ2n) is 9.30. The van der Waals surface area contributed by atoms with Crippen LogP contribution < -0.4 is 21.3 Å². The predicted octanol–water partition coefficient (Wildman–Crippen LogP) is 3.20. The Balaban J connectivity index is 1.35. The molecule has 0 aliphatic carbocycles. The second-order valence-corrected chi connectivity index (χ2v) is 10.7. The molecule has 6 rings (SSSR count). The van der Waals surface area contributed by atoms with E-state index in [9.17, 15) is 0 Å². The van der Waals surface area contributed by atoms with E-state index in [0.29, 0.717) is 22.6 Å². The van der Waals surface area contributed by atoms with Gasteiger partial charge in [0.05, 0.1) is 15.9 Å². The van der Waals surface area contributed by atoms with Crippen LogP contribution in [0.15, 0.2) is 34.6 Å². The zero-order valence-corrected chi connectivity index (χ0v) is 21.1. The lowest BCUT2D eigenvalue weighted by molar-refractivity contribution is 0.418. The number of nitrogens with two attached hydrogens (primary N) is 2. The number of H-pyrrole nitrogens is 1. The van der Waals surface area contributed by atoms with Gasteiger partial charge in [0, 0.05) is 54.1 Å². The van der Waals surface area contributed by atoms with Crippen molar-refractivity contribution in [2.24, 2.45) is 17.4 Å². The molecule has 5 heterocycles. The van der Waals surface area contributed by atoms with Gasteiger partial charge in [-0.2, -0.15) is 0 Å². The first-order valence-electron chi connectivity index (χ1n) is 12.0. The summed E-state index contributed by atoms with van der Waals surface area (Å²) in [7, 11) is 0. The molecule has 11 heteroatoms. The van der Waals surface area contributed by atoms with Crippen LogP contribution in [0.5, 0.6) is 0 Å². The fraction of sp³-hybridized carbons (Fsp3) is 0.417. The lowest BCUT2D eigenvalue weighted by Crippen LogP contribution is -2.50. The number of hydrogen-bond acceptors (Lipinski definition) is 9. The number of fused-ring (bicyclic) bond motifs is 2. The Kier molecular flexibility index (Phi) is 5.92. The highest BCUT2D eigenvalue weighted by Crippen LogP contribution is 2.38. The van der Waals surface area contributed by atoms with Crippen LogP contribution in [0.2, 0.25) is 5.02 Å². The Bertz CT molecular complexity index is 1400. The minimum Gasteiger partial charge on any atom is -0.355 e. The molecule has 0 saturated carbocycles. The smallest absolute Gasteiger partial charge is 0.196 e. The molecule has 2 aliphatic heterocycles. The first-order valence-corrected chi connectivity index (χ1v) is 13.2. The Labute approximate surface area is 212 Å². The van der Waals surface area contributed by atoms with Gasteiger partial charge in [-0.1, -0.05) is 18.5 Å². The molecule has 0 radical (unpaired) electrons. The Hall–Kier alpha value is -2.66. The van der Waals surface area contributed by atoms with Gasteiger partial charge in [-0.25, -0.2) is 19.9 Å². The number of benzene rings is 1. The van der Waals surface area contributed by atoms with Crippen LogP contribution in [-0.4, -0.2) is 63.7 Å². The normalized spacial score (nSPS) is 18.7. The van der Waals surface area contributed by atoms with Crippen LogP contribution >= 0.6 is 23.4 Å². The van der Waals surface area contributed by atoms with Gasteiger partial charge in [0.1, 0.15) is 23.6 Å². The van der Waals surface area contributed by atoms with Crippen LogP contribution in [0.4, 0.5) is 11.6 Å². The number of nitrogens with one attached hydrogen (secondary N) is 1. The third-order valence-corrected chi connectivity index (χ3v) is 8.16. The van der Waals surface area contributed by atoms with Gasteiger partial charge in [-0.3, -0.25) is 0 Å². The van der Waals surface area contributed by atoms with E-state index >= 15 is 0 Å². The first kappa shape index (κ1) is 22.8. The number of aryl methyl sites for hydroxylation is 1. The van der Waals surface area contributed by atoms with E-state index in [0.717, 1.165) is 83.2 Å². The molecule has 182 valence electrons. The summed E-state index contributed by atoms with van der Waals surface area (Å²) >= 11 is 8.25. The van der Waals surface area contributed by atoms with Gasteiger partial charge < -0.3 is 26.3 Å². The van der Waals surface area contributed by atoms with Crippen molar-refractivity contribution in [1.82, 2.24) is 24.9 Å². The Morgan fingerprint density at radius 2 is 2.00 bits per heavy atom. The highest BCUT2D eigenvalue weighted by atomic mass is 35.5. The average Bonchev–Trinajstić information content (AvgIpc) is 3.40. The molecule has 0 spiro atoms. The summed E-state index contributed by atoms with van der Waals surface area (Å²) in [6.07, 6.45) is 3.37. The maximum atomic E-state index is 6.73. The summed E-state index contributed by atoms with van der Waals surface area (Å²) < 4.78 is 0. The fourth-order valence-corrected chi connectivity index (χ4v) is 6.04. The number of halogens is 1. The Morgan fingerprint density at radius 3 is 2.74 bits per heavy atom. The van der Waals surface area contributed by atoms with Crippen LogP contribution in [-0.2, 0) is 6.42 Å². The minimum atomic E-state index is 0.139. The van der Waals surface area contributed by atoms with Gasteiger partial charge in [0.25, 0.3) is 0 Å². The first-order chi connectivity index (χ1) is 17.0. The molecular formula is C24H28ClN9S. The lowest BCUT2D eigenvalue weighted by atomic mass is 10.00. The molecule has 0 bridgehead atoms. The standard InChI is InChI=1S/C24H28ClN9S/c1-2-17-20(25)19-21(30-17)31-24(32-23(19)33-6-5-14(27)11-33)35-15-3-4-16-18(7-15)28-12-29-22(16)34-9-13(8-26)10-34/h3-4,7,12-14H,2,5-6,8-11,26-27H2,1H3,(H,30,31,32). The SMILES string of the molecule is CCc1[nH]c2nc(Sc3ccc4c(N5CC(CN)C5)ncnc4c3)nc(N3CCC(N)C3)c2c1Cl. The minimum absolute atomic E-state index is 0.139. The quantitative estimate of drug-likeness (QED) is 0.336. The van der Waals surface area contributed by atoms with Crippen molar-refractivity contribution in [2.75, 3.05) is 42.5 Å². The van der Waals surface area contributed by atoms with E-state index in [2.05, 4.69) is 49.9 Å². The Morgan fingerprint density at radius 1 is 1.14 bits per heavy atom. The molecule has 2 fully saturated rings. The number of aromatic nitrogens is 5. The molecule has 9 nitrogen and oxygen atoms in total. The molecule has 5 N–H and O–H groups in total. The lowest BCUT2D eigenvalue weighted by Gasteiger charge is -2.39. The second kappa shape index (κ2) is 9.09. The average molecular weight is 510 g/mol. The predicted molar refractivity (Wildman–Crippen MR) is 142 cm³/mol. The summed E-state index contributed by atoms with van der Waals surface area (Å²) in [4.78, 5) is 27.7. The summed E-state index contributed by atoms with van der Waals surface area (Å²) in [6.45, 7) is 6.28. The number of aromatic amines is 1. The molecule has 1 unspecified atom stereocenters. The van der Waals surface area contributed by atoms with Crippen molar-refractivity contribution in [2.45, 2.75) is 35.9 Å². The van der Waals surface area contributed by atoms with Crippen molar-refractivity contribution >= 4 is 56.9 Å². The van der Waals surface area contributed by atoms with Crippen LogP contribution in [0.1, 0.15) is 19.0 Å². The van der Waals surface area contributed by atoms with Crippen LogP contribution in [0, 0.1) is 5.92 Å². The number of nitrogens with zero attached hydrogens (tertiary/aromatic N) is 6. The molecule has 0 amide bonds. The summed E-state index contributed by atoms with van der Waals surface area (Å²) in [5.41, 5.74) is 14.6. The van der Waals surface area contributed by atoms with Gasteiger partial charge in [-0.15, -0.1) is 0 Å². The highest BCUT2D eigenvalue weighted by molar-refractivity contribution is 7.99. The number of rotatable bonds is 6. The van der Waals surface area contributed by atoms with Crippen molar-refractivity contribution in [3.05, 3.63) is 35.2 Å². The molecule has 2 saturated heterocycles. The van der Waals surface area contributed by atoms with Crippen molar-refractivity contribution in [3.8, 4) is 0 Å². The zero-order valence-electron chi connectivity index (χ0n) is 19.5. The van der Waals surface area contributed by atoms with Gasteiger partial charge in [0.15, 0.2) is 5.16 Å². The molecule has 35 heavy (non-hydrogen) atoms. The number of anilines is 2. The maximum absolute atomic E-state index is 6.73. The van der Waals surface area contributed by atoms with E-state index in [1.165, 1.54) is 11.8 Å². The molecule has 1 atom stereocenters. The van der Waals surface area contributed by atoms with E-state index in [4.69, 9.17) is 33.0 Å².